The lowest BCUT2D eigenvalue weighted by atomic mass is 10.1. The molecule has 140 valence electrons. The Kier molecular flexibility index (Phi) is 7.03. The zero-order valence-corrected chi connectivity index (χ0v) is 15.6. The van der Waals surface area contributed by atoms with Gasteiger partial charge in [0.1, 0.15) is 17.0 Å². The maximum atomic E-state index is 12.2. The Bertz CT molecular complexity index is 846. The molecule has 0 atom stereocenters. The molecule has 26 heavy (non-hydrogen) atoms. The van der Waals surface area contributed by atoms with Crippen LogP contribution in [0.1, 0.15) is 24.2 Å². The molecule has 0 aliphatic heterocycles. The number of hydrogen-bond acceptors (Lipinski definition) is 5. The Labute approximate surface area is 156 Å². The van der Waals surface area contributed by atoms with Crippen molar-refractivity contribution in [1.29, 1.82) is 0 Å². The number of nitrogens with zero attached hydrogens (tertiary/aromatic N) is 1. The number of carbonyl (C=O) groups is 2. The average molecular weight is 380 g/mol. The van der Waals surface area contributed by atoms with Crippen molar-refractivity contribution in [3.8, 4) is 0 Å². The highest BCUT2D eigenvalue weighted by molar-refractivity contribution is 6.27. The minimum Gasteiger partial charge on any atom is -0.422 e. The van der Waals surface area contributed by atoms with Crippen LogP contribution >= 0.6 is 11.6 Å². The van der Waals surface area contributed by atoms with E-state index in [1.807, 2.05) is 26.0 Å². The number of rotatable bonds is 8. The van der Waals surface area contributed by atoms with Gasteiger partial charge in [-0.1, -0.05) is 0 Å². The van der Waals surface area contributed by atoms with E-state index in [9.17, 15) is 14.4 Å². The van der Waals surface area contributed by atoms with Gasteiger partial charge >= 0.3 is 5.63 Å². The van der Waals surface area contributed by atoms with Crippen LogP contribution in [0.25, 0.3) is 11.0 Å². The van der Waals surface area contributed by atoms with E-state index in [4.69, 9.17) is 16.0 Å². The average Bonchev–Trinajstić information content (AvgIpc) is 2.65. The fourth-order valence-electron chi connectivity index (χ4n) is 2.56. The lowest BCUT2D eigenvalue weighted by Gasteiger charge is -2.21. The van der Waals surface area contributed by atoms with Crippen LogP contribution in [0.15, 0.2) is 33.5 Å². The predicted octanol–water partition coefficient (Wildman–Crippen LogP) is 1.72. The van der Waals surface area contributed by atoms with Crippen molar-refractivity contribution in [1.82, 2.24) is 10.6 Å². The summed E-state index contributed by atoms with van der Waals surface area (Å²) < 4.78 is 5.33. The largest absolute Gasteiger partial charge is 0.422 e. The van der Waals surface area contributed by atoms with Crippen LogP contribution in [0.5, 0.6) is 0 Å². The number of benzene rings is 1. The number of carbonyl (C=O) groups excluding carboxylic acids is 2. The summed E-state index contributed by atoms with van der Waals surface area (Å²) in [7, 11) is 0. The number of fused-ring (bicyclic) bond motifs is 1. The normalized spacial score (nSPS) is 10.6. The molecule has 2 N–H and O–H groups in total. The van der Waals surface area contributed by atoms with E-state index < -0.39 is 11.5 Å². The van der Waals surface area contributed by atoms with E-state index in [0.717, 1.165) is 18.8 Å². The standard InChI is InChI=1S/C18H22ClN3O4/c1-3-22(4-2)13-6-5-12-9-14(18(25)26-15(12)10-13)17(24)21-8-7-20-16(23)11-19/h5-6,9-10H,3-4,7-8,11H2,1-2H3,(H,20,23)(H,21,24). The zero-order valence-electron chi connectivity index (χ0n) is 14.8. The van der Waals surface area contributed by atoms with Gasteiger partial charge in [-0.15, -0.1) is 11.6 Å². The van der Waals surface area contributed by atoms with E-state index in [-0.39, 0.29) is 30.4 Å². The van der Waals surface area contributed by atoms with Crippen molar-refractivity contribution < 1.29 is 14.0 Å². The van der Waals surface area contributed by atoms with Gasteiger partial charge < -0.3 is 20.0 Å². The molecular formula is C18H22ClN3O4. The van der Waals surface area contributed by atoms with Crippen LogP contribution in [-0.2, 0) is 4.79 Å². The molecule has 0 fully saturated rings. The van der Waals surface area contributed by atoms with Crippen LogP contribution in [0.2, 0.25) is 0 Å². The van der Waals surface area contributed by atoms with Crippen LogP contribution < -0.4 is 21.2 Å². The quantitative estimate of drug-likeness (QED) is 0.414. The molecule has 0 unspecified atom stereocenters. The third kappa shape index (κ3) is 4.76. The Morgan fingerprint density at radius 1 is 1.12 bits per heavy atom. The van der Waals surface area contributed by atoms with Crippen molar-refractivity contribution in [3.63, 3.8) is 0 Å². The van der Waals surface area contributed by atoms with E-state index in [1.165, 1.54) is 6.07 Å². The summed E-state index contributed by atoms with van der Waals surface area (Å²) in [4.78, 5) is 37.5. The highest BCUT2D eigenvalue weighted by Crippen LogP contribution is 2.21. The Hall–Kier alpha value is -2.54. The molecule has 7 nitrogen and oxygen atoms in total. The molecule has 0 bridgehead atoms. The van der Waals surface area contributed by atoms with Gasteiger partial charge in [0.05, 0.1) is 0 Å². The maximum absolute atomic E-state index is 12.2. The van der Waals surface area contributed by atoms with Crippen LogP contribution in [0, 0.1) is 0 Å². The van der Waals surface area contributed by atoms with E-state index >= 15 is 0 Å². The van der Waals surface area contributed by atoms with Crippen molar-refractivity contribution in [2.45, 2.75) is 13.8 Å². The predicted molar refractivity (Wildman–Crippen MR) is 102 cm³/mol. The summed E-state index contributed by atoms with van der Waals surface area (Å²) in [6.07, 6.45) is 0. The molecule has 2 rings (SSSR count). The van der Waals surface area contributed by atoms with Gasteiger partial charge in [-0.05, 0) is 32.0 Å². The second-order valence-corrected chi connectivity index (χ2v) is 5.85. The van der Waals surface area contributed by atoms with Gasteiger partial charge in [0.25, 0.3) is 5.91 Å². The van der Waals surface area contributed by atoms with Gasteiger partial charge in [0.15, 0.2) is 0 Å². The van der Waals surface area contributed by atoms with Crippen molar-refractivity contribution in [2.75, 3.05) is 37.0 Å². The summed E-state index contributed by atoms with van der Waals surface area (Å²) in [5, 5.41) is 5.75. The summed E-state index contributed by atoms with van der Waals surface area (Å²) >= 11 is 5.36. The summed E-state index contributed by atoms with van der Waals surface area (Å²) in [6, 6.07) is 7.06. The first-order valence-electron chi connectivity index (χ1n) is 8.43. The van der Waals surface area contributed by atoms with Crippen LogP contribution in [0.4, 0.5) is 5.69 Å². The van der Waals surface area contributed by atoms with Gasteiger partial charge in [0, 0.05) is 43.3 Å². The molecular weight excluding hydrogens is 358 g/mol. The molecule has 8 heteroatoms. The number of nitrogens with one attached hydrogen (secondary N) is 2. The van der Waals surface area contributed by atoms with Gasteiger partial charge in [-0.25, -0.2) is 4.79 Å². The Morgan fingerprint density at radius 2 is 1.81 bits per heavy atom. The minimum atomic E-state index is -0.698. The highest BCUT2D eigenvalue weighted by atomic mass is 35.5. The summed E-state index contributed by atoms with van der Waals surface area (Å²) in [5.74, 6) is -1.01. The molecule has 0 spiro atoms. The first-order valence-corrected chi connectivity index (χ1v) is 8.97. The van der Waals surface area contributed by atoms with E-state index in [1.54, 1.807) is 6.07 Å². The van der Waals surface area contributed by atoms with Gasteiger partial charge in [-0.3, -0.25) is 9.59 Å². The maximum Gasteiger partial charge on any atom is 0.349 e. The van der Waals surface area contributed by atoms with Gasteiger partial charge in [-0.2, -0.15) is 0 Å². The lowest BCUT2D eigenvalue weighted by Crippen LogP contribution is -2.36. The SMILES string of the molecule is CCN(CC)c1ccc2cc(C(=O)NCCNC(=O)CCl)c(=O)oc2c1. The number of halogens is 1. The topological polar surface area (TPSA) is 91.7 Å². The zero-order chi connectivity index (χ0) is 19.1. The summed E-state index contributed by atoms with van der Waals surface area (Å²) in [5.41, 5.74) is 0.622. The molecule has 1 aromatic heterocycles. The first kappa shape index (κ1) is 19.8. The molecule has 0 aliphatic rings. The van der Waals surface area contributed by atoms with Crippen molar-refractivity contribution in [2.24, 2.45) is 0 Å². The number of alkyl halides is 1. The fourth-order valence-corrected chi connectivity index (χ4v) is 2.66. The number of anilines is 1. The number of hydrogen-bond donors (Lipinski definition) is 2. The molecule has 2 amide bonds. The second-order valence-electron chi connectivity index (χ2n) is 5.58. The second kappa shape index (κ2) is 9.24. The van der Waals surface area contributed by atoms with Gasteiger partial charge in [0.2, 0.25) is 5.91 Å². The molecule has 1 aromatic carbocycles. The van der Waals surface area contributed by atoms with Crippen molar-refractivity contribution in [3.05, 3.63) is 40.2 Å². The molecule has 0 saturated carbocycles. The molecule has 0 saturated heterocycles. The van der Waals surface area contributed by atoms with Crippen LogP contribution in [-0.4, -0.2) is 43.9 Å². The third-order valence-corrected chi connectivity index (χ3v) is 4.19. The van der Waals surface area contributed by atoms with Crippen molar-refractivity contribution >= 4 is 40.1 Å². The fraction of sp³-hybridized carbons (Fsp3) is 0.389. The lowest BCUT2D eigenvalue weighted by molar-refractivity contribution is -0.118. The molecule has 2 aromatic rings. The van der Waals surface area contributed by atoms with E-state index in [0.29, 0.717) is 11.0 Å². The molecule has 0 radical (unpaired) electrons. The van der Waals surface area contributed by atoms with Crippen LogP contribution in [0.3, 0.4) is 0 Å². The highest BCUT2D eigenvalue weighted by Gasteiger charge is 2.14. The smallest absolute Gasteiger partial charge is 0.349 e. The Morgan fingerprint density at radius 3 is 2.46 bits per heavy atom. The molecule has 0 aliphatic carbocycles. The third-order valence-electron chi connectivity index (χ3n) is 3.95. The summed E-state index contributed by atoms with van der Waals surface area (Å²) in [6.45, 7) is 6.18. The molecule has 1 heterocycles. The van der Waals surface area contributed by atoms with E-state index in [2.05, 4.69) is 15.5 Å². The monoisotopic (exact) mass is 379 g/mol. The number of amides is 2. The first-order chi connectivity index (χ1) is 12.5. The minimum absolute atomic E-state index is 0.0724. The Balaban J connectivity index is 2.15.